The number of methoxy groups -OCH3 is 1. The van der Waals surface area contributed by atoms with Gasteiger partial charge in [0.25, 0.3) is 0 Å². The van der Waals surface area contributed by atoms with Crippen molar-refractivity contribution in [2.75, 3.05) is 7.11 Å². The number of aliphatic hydroxyl groups is 2. The third-order valence-corrected chi connectivity index (χ3v) is 3.92. The van der Waals surface area contributed by atoms with Crippen LogP contribution in [-0.4, -0.2) is 17.3 Å². The zero-order valence-electron chi connectivity index (χ0n) is 12.0. The van der Waals surface area contributed by atoms with Gasteiger partial charge in [0, 0.05) is 10.9 Å². The topological polar surface area (TPSA) is 49.7 Å². The van der Waals surface area contributed by atoms with Gasteiger partial charge in [-0.15, -0.1) is 0 Å². The minimum absolute atomic E-state index is 0.348. The maximum absolute atomic E-state index is 10.4. The van der Waals surface area contributed by atoms with E-state index in [4.69, 9.17) is 16.3 Å². The number of ether oxygens (including phenoxy) is 1. The van der Waals surface area contributed by atoms with E-state index in [1.54, 1.807) is 55.6 Å². The smallest absolute Gasteiger partial charge is 0.118 e. The fourth-order valence-corrected chi connectivity index (χ4v) is 2.37. The summed E-state index contributed by atoms with van der Waals surface area (Å²) in [6, 6.07) is 14.2. The summed E-state index contributed by atoms with van der Waals surface area (Å²) in [5.74, 6) is 0.386. The molecule has 112 valence electrons. The first-order chi connectivity index (χ1) is 10.0. The van der Waals surface area contributed by atoms with Gasteiger partial charge >= 0.3 is 0 Å². The van der Waals surface area contributed by atoms with Gasteiger partial charge in [-0.1, -0.05) is 42.8 Å². The quantitative estimate of drug-likeness (QED) is 0.884. The van der Waals surface area contributed by atoms with Crippen LogP contribution in [-0.2, 0) is 0 Å². The second-order valence-electron chi connectivity index (χ2n) is 5.07. The minimum Gasteiger partial charge on any atom is -0.497 e. The van der Waals surface area contributed by atoms with Crippen LogP contribution in [0.15, 0.2) is 48.5 Å². The molecule has 2 rings (SSSR count). The summed E-state index contributed by atoms with van der Waals surface area (Å²) < 4.78 is 5.09. The van der Waals surface area contributed by atoms with E-state index in [1.165, 1.54) is 0 Å². The van der Waals surface area contributed by atoms with E-state index in [9.17, 15) is 10.2 Å². The van der Waals surface area contributed by atoms with Crippen LogP contribution in [0.2, 0.25) is 5.02 Å². The lowest BCUT2D eigenvalue weighted by Crippen LogP contribution is -2.17. The maximum Gasteiger partial charge on any atom is 0.118 e. The van der Waals surface area contributed by atoms with Crippen LogP contribution in [0.25, 0.3) is 0 Å². The Kier molecular flexibility index (Phi) is 5.23. The number of halogens is 1. The van der Waals surface area contributed by atoms with E-state index in [2.05, 4.69) is 0 Å². The molecule has 0 bridgehead atoms. The molecule has 3 atom stereocenters. The molecule has 0 aliphatic carbocycles. The van der Waals surface area contributed by atoms with E-state index in [-0.39, 0.29) is 5.92 Å². The molecule has 2 aromatic carbocycles. The first-order valence-electron chi connectivity index (χ1n) is 6.78. The Labute approximate surface area is 129 Å². The van der Waals surface area contributed by atoms with Crippen LogP contribution in [0.3, 0.4) is 0 Å². The Balaban J connectivity index is 2.13. The average Bonchev–Trinajstić information content (AvgIpc) is 2.53. The van der Waals surface area contributed by atoms with Crippen molar-refractivity contribution in [2.45, 2.75) is 19.1 Å². The zero-order valence-corrected chi connectivity index (χ0v) is 12.8. The third-order valence-electron chi connectivity index (χ3n) is 3.66. The summed E-state index contributed by atoms with van der Waals surface area (Å²) in [4.78, 5) is 0. The van der Waals surface area contributed by atoms with Gasteiger partial charge < -0.3 is 14.9 Å². The molecule has 0 fully saturated rings. The molecule has 0 spiro atoms. The van der Waals surface area contributed by atoms with Crippen LogP contribution in [0.4, 0.5) is 0 Å². The van der Waals surface area contributed by atoms with E-state index in [1.807, 2.05) is 6.92 Å². The summed E-state index contributed by atoms with van der Waals surface area (Å²) in [6.07, 6.45) is -1.53. The van der Waals surface area contributed by atoms with Crippen LogP contribution in [0, 0.1) is 5.92 Å². The van der Waals surface area contributed by atoms with Crippen molar-refractivity contribution in [3.63, 3.8) is 0 Å². The number of rotatable bonds is 5. The lowest BCUT2D eigenvalue weighted by atomic mass is 9.89. The molecule has 2 N–H and O–H groups in total. The van der Waals surface area contributed by atoms with Crippen LogP contribution < -0.4 is 4.74 Å². The first kappa shape index (κ1) is 15.8. The van der Waals surface area contributed by atoms with Gasteiger partial charge in [0.05, 0.1) is 19.3 Å². The summed E-state index contributed by atoms with van der Waals surface area (Å²) >= 11 is 5.84. The molecule has 2 aromatic rings. The third kappa shape index (κ3) is 3.76. The fourth-order valence-electron chi connectivity index (χ4n) is 2.24. The normalized spacial score (nSPS) is 15.3. The van der Waals surface area contributed by atoms with Crippen LogP contribution in [0.5, 0.6) is 5.75 Å². The van der Waals surface area contributed by atoms with E-state index >= 15 is 0 Å². The predicted octanol–water partition coefficient (Wildman–Crippen LogP) is 3.75. The molecular formula is C17H19ClO3. The summed E-state index contributed by atoms with van der Waals surface area (Å²) in [5, 5.41) is 21.4. The van der Waals surface area contributed by atoms with Crippen LogP contribution in [0.1, 0.15) is 30.3 Å². The highest BCUT2D eigenvalue weighted by Crippen LogP contribution is 2.33. The van der Waals surface area contributed by atoms with Crippen molar-refractivity contribution in [1.29, 1.82) is 0 Å². The highest BCUT2D eigenvalue weighted by molar-refractivity contribution is 6.30. The Bertz CT molecular complexity index is 566. The van der Waals surface area contributed by atoms with Gasteiger partial charge in [-0.25, -0.2) is 0 Å². The average molecular weight is 307 g/mol. The molecule has 0 aliphatic heterocycles. The van der Waals surface area contributed by atoms with E-state index < -0.39 is 12.2 Å². The molecule has 0 unspecified atom stereocenters. The van der Waals surface area contributed by atoms with E-state index in [0.29, 0.717) is 5.02 Å². The van der Waals surface area contributed by atoms with Crippen LogP contribution >= 0.6 is 11.6 Å². The fraction of sp³-hybridized carbons (Fsp3) is 0.294. The molecule has 0 aromatic heterocycles. The highest BCUT2D eigenvalue weighted by Gasteiger charge is 2.25. The van der Waals surface area contributed by atoms with Crippen molar-refractivity contribution in [2.24, 2.45) is 5.92 Å². The molecule has 0 saturated carbocycles. The van der Waals surface area contributed by atoms with Crippen molar-refractivity contribution in [3.05, 3.63) is 64.7 Å². The van der Waals surface area contributed by atoms with Crippen molar-refractivity contribution in [1.82, 2.24) is 0 Å². The Morgan fingerprint density at radius 1 is 0.857 bits per heavy atom. The lowest BCUT2D eigenvalue weighted by Gasteiger charge is -2.25. The monoisotopic (exact) mass is 306 g/mol. The second kappa shape index (κ2) is 6.94. The van der Waals surface area contributed by atoms with Gasteiger partial charge in [0.2, 0.25) is 0 Å². The predicted molar refractivity (Wildman–Crippen MR) is 83.5 cm³/mol. The van der Waals surface area contributed by atoms with Gasteiger partial charge in [-0.05, 0) is 35.4 Å². The zero-order chi connectivity index (χ0) is 15.4. The van der Waals surface area contributed by atoms with Gasteiger partial charge in [-0.2, -0.15) is 0 Å². The van der Waals surface area contributed by atoms with Gasteiger partial charge in [-0.3, -0.25) is 0 Å². The molecule has 3 nitrogen and oxygen atoms in total. The number of aliphatic hydroxyl groups excluding tert-OH is 2. The molecule has 0 heterocycles. The Morgan fingerprint density at radius 2 is 1.29 bits per heavy atom. The SMILES string of the molecule is COc1ccc([C@@H](O)[C@@H](C)[C@H](O)c2ccc(Cl)cc2)cc1. The van der Waals surface area contributed by atoms with Crippen molar-refractivity contribution < 1.29 is 14.9 Å². The summed E-state index contributed by atoms with van der Waals surface area (Å²) in [6.45, 7) is 1.81. The largest absolute Gasteiger partial charge is 0.497 e. The minimum atomic E-state index is -0.764. The molecule has 4 heteroatoms. The van der Waals surface area contributed by atoms with Crippen molar-refractivity contribution in [3.8, 4) is 5.75 Å². The second-order valence-corrected chi connectivity index (χ2v) is 5.51. The van der Waals surface area contributed by atoms with Gasteiger partial charge in [0.1, 0.15) is 5.75 Å². The molecule has 0 saturated heterocycles. The Hall–Kier alpha value is -1.55. The highest BCUT2D eigenvalue weighted by atomic mass is 35.5. The van der Waals surface area contributed by atoms with E-state index in [0.717, 1.165) is 16.9 Å². The Morgan fingerprint density at radius 3 is 1.71 bits per heavy atom. The lowest BCUT2D eigenvalue weighted by molar-refractivity contribution is 0.0199. The summed E-state index contributed by atoms with van der Waals surface area (Å²) in [7, 11) is 1.60. The maximum atomic E-state index is 10.4. The number of hydrogen-bond acceptors (Lipinski definition) is 3. The molecule has 0 aliphatic rings. The number of benzene rings is 2. The number of hydrogen-bond donors (Lipinski definition) is 2. The molecule has 0 amide bonds. The molecule has 21 heavy (non-hydrogen) atoms. The molecule has 0 radical (unpaired) electrons. The molecular weight excluding hydrogens is 288 g/mol. The standard InChI is InChI=1S/C17H19ClO3/c1-11(16(19)12-3-7-14(18)8-4-12)17(20)13-5-9-15(21-2)10-6-13/h3-11,16-17,19-20H,1-2H3/t11-,16-,17-/m0/s1. The van der Waals surface area contributed by atoms with Gasteiger partial charge in [0.15, 0.2) is 0 Å². The van der Waals surface area contributed by atoms with Crippen molar-refractivity contribution >= 4 is 11.6 Å². The summed E-state index contributed by atoms with van der Waals surface area (Å²) in [5.41, 5.74) is 1.48. The first-order valence-corrected chi connectivity index (χ1v) is 7.16.